The highest BCUT2D eigenvalue weighted by Crippen LogP contribution is 2.35. The number of benzene rings is 1. The number of sulfone groups is 1. The summed E-state index contributed by atoms with van der Waals surface area (Å²) < 4.78 is 35.6. The lowest BCUT2D eigenvalue weighted by Gasteiger charge is -2.33. The van der Waals surface area contributed by atoms with Crippen molar-refractivity contribution in [1.29, 1.82) is 0 Å². The van der Waals surface area contributed by atoms with E-state index in [0.29, 0.717) is 12.4 Å². The lowest BCUT2D eigenvalue weighted by molar-refractivity contribution is -0.122. The van der Waals surface area contributed by atoms with E-state index in [0.717, 1.165) is 30.5 Å². The van der Waals surface area contributed by atoms with Crippen LogP contribution in [0.2, 0.25) is 0 Å². The van der Waals surface area contributed by atoms with E-state index in [-0.39, 0.29) is 31.0 Å². The van der Waals surface area contributed by atoms with Gasteiger partial charge in [-0.2, -0.15) is 0 Å². The zero-order chi connectivity index (χ0) is 21.6. The molecule has 8 heteroatoms. The van der Waals surface area contributed by atoms with Crippen LogP contribution in [0, 0.1) is 0 Å². The van der Waals surface area contributed by atoms with E-state index in [1.54, 1.807) is 18.3 Å². The van der Waals surface area contributed by atoms with Crippen LogP contribution in [0.25, 0.3) is 0 Å². The highest BCUT2D eigenvalue weighted by molar-refractivity contribution is 7.93. The summed E-state index contributed by atoms with van der Waals surface area (Å²) in [7, 11) is -3.94. The molecule has 0 unspecified atom stereocenters. The molecule has 0 saturated carbocycles. The molecule has 162 valence electrons. The molecule has 0 atom stereocenters. The van der Waals surface area contributed by atoms with Crippen molar-refractivity contribution in [3.63, 3.8) is 0 Å². The van der Waals surface area contributed by atoms with Crippen LogP contribution in [0.3, 0.4) is 0 Å². The number of rotatable bonds is 9. The van der Waals surface area contributed by atoms with E-state index in [2.05, 4.69) is 11.9 Å². The maximum Gasteiger partial charge on any atom is 0.239 e. The Labute approximate surface area is 177 Å². The number of nitrogens with two attached hydrogens (primary N) is 1. The minimum absolute atomic E-state index is 0.0532. The second-order valence-corrected chi connectivity index (χ2v) is 9.76. The number of hydrogen-bond donors (Lipinski definition) is 1. The molecule has 2 aromatic rings. The van der Waals surface area contributed by atoms with Crippen molar-refractivity contribution in [1.82, 2.24) is 4.98 Å². The van der Waals surface area contributed by atoms with Crippen LogP contribution in [-0.2, 0) is 32.4 Å². The highest BCUT2D eigenvalue weighted by atomic mass is 32.2. The fourth-order valence-electron chi connectivity index (χ4n) is 3.50. The van der Waals surface area contributed by atoms with Crippen LogP contribution in [0.4, 0.5) is 0 Å². The number of carbonyl (C=O) groups excluding carboxylic acids is 1. The third-order valence-corrected chi connectivity index (χ3v) is 8.01. The van der Waals surface area contributed by atoms with Gasteiger partial charge in [0.1, 0.15) is 12.4 Å². The third kappa shape index (κ3) is 4.65. The Bertz CT molecular complexity index is 950. The molecule has 1 fully saturated rings. The van der Waals surface area contributed by atoms with Crippen molar-refractivity contribution in [3.05, 3.63) is 53.9 Å². The Morgan fingerprint density at radius 3 is 2.43 bits per heavy atom. The van der Waals surface area contributed by atoms with Gasteiger partial charge in [0.2, 0.25) is 5.91 Å². The molecular weight excluding hydrogens is 404 g/mol. The normalized spacial score (nSPS) is 16.2. The molecule has 0 radical (unpaired) electrons. The summed E-state index contributed by atoms with van der Waals surface area (Å²) in [6.45, 7) is 2.86. The first-order chi connectivity index (χ1) is 14.4. The number of aromatic nitrogens is 1. The summed E-state index contributed by atoms with van der Waals surface area (Å²) in [6.07, 6.45) is 5.13. The van der Waals surface area contributed by atoms with Gasteiger partial charge in [-0.15, -0.1) is 0 Å². The van der Waals surface area contributed by atoms with Crippen LogP contribution in [-0.4, -0.2) is 37.3 Å². The molecule has 30 heavy (non-hydrogen) atoms. The van der Waals surface area contributed by atoms with Gasteiger partial charge in [-0.1, -0.05) is 19.4 Å². The van der Waals surface area contributed by atoms with Crippen molar-refractivity contribution in [2.24, 2.45) is 5.73 Å². The predicted molar refractivity (Wildman–Crippen MR) is 113 cm³/mol. The van der Waals surface area contributed by atoms with Gasteiger partial charge in [-0.3, -0.25) is 9.78 Å². The zero-order valence-corrected chi connectivity index (χ0v) is 18.0. The Morgan fingerprint density at radius 1 is 1.17 bits per heavy atom. The minimum atomic E-state index is -3.94. The number of primary amides is 1. The van der Waals surface area contributed by atoms with E-state index in [9.17, 15) is 13.2 Å². The molecule has 0 aliphatic carbocycles. The first-order valence-electron chi connectivity index (χ1n) is 10.2. The molecule has 1 aromatic carbocycles. The van der Waals surface area contributed by atoms with Gasteiger partial charge in [0.25, 0.3) is 0 Å². The van der Waals surface area contributed by atoms with E-state index in [4.69, 9.17) is 15.2 Å². The maximum atomic E-state index is 13.1. The number of nitrogens with zero attached hydrogens (tertiary/aromatic N) is 1. The van der Waals surface area contributed by atoms with Crippen LogP contribution >= 0.6 is 0 Å². The maximum absolute atomic E-state index is 13.1. The molecule has 1 amide bonds. The lowest BCUT2D eigenvalue weighted by Crippen LogP contribution is -2.53. The largest absolute Gasteiger partial charge is 0.489 e. The van der Waals surface area contributed by atoms with Gasteiger partial charge in [-0.05, 0) is 56.0 Å². The van der Waals surface area contributed by atoms with Crippen molar-refractivity contribution < 1.29 is 22.7 Å². The molecule has 0 bridgehead atoms. The quantitative estimate of drug-likeness (QED) is 0.653. The molecule has 1 aromatic heterocycles. The van der Waals surface area contributed by atoms with Crippen LogP contribution in [0.15, 0.2) is 47.5 Å². The zero-order valence-electron chi connectivity index (χ0n) is 17.2. The molecule has 2 heterocycles. The summed E-state index contributed by atoms with van der Waals surface area (Å²) in [5.41, 5.74) is 7.49. The van der Waals surface area contributed by atoms with Gasteiger partial charge in [0, 0.05) is 30.7 Å². The molecule has 1 saturated heterocycles. The number of amides is 1. The number of aryl methyl sites for hydroxylation is 1. The van der Waals surface area contributed by atoms with Crippen LogP contribution in [0.1, 0.15) is 43.9 Å². The lowest BCUT2D eigenvalue weighted by atomic mass is 9.98. The van der Waals surface area contributed by atoms with Gasteiger partial charge in [-0.25, -0.2) is 8.42 Å². The number of ether oxygens (including phenoxy) is 2. The Balaban J connectivity index is 1.67. The van der Waals surface area contributed by atoms with E-state index < -0.39 is 20.5 Å². The molecular formula is C22H28N2O5S. The van der Waals surface area contributed by atoms with Gasteiger partial charge in [0.05, 0.1) is 4.90 Å². The number of hydrogen-bond acceptors (Lipinski definition) is 6. The van der Waals surface area contributed by atoms with Crippen molar-refractivity contribution >= 4 is 15.7 Å². The molecule has 2 N–H and O–H groups in total. The predicted octanol–water partition coefficient (Wildman–Crippen LogP) is 2.81. The SMILES string of the molecule is CCCCc1ccc(COc2ccc(S(=O)(=O)C3(C(N)=O)CCOCC3)cc2)cn1. The first kappa shape index (κ1) is 22.2. The fourth-order valence-corrected chi connectivity index (χ4v) is 5.42. The molecule has 1 aliphatic rings. The van der Waals surface area contributed by atoms with Crippen LogP contribution < -0.4 is 10.5 Å². The second kappa shape index (κ2) is 9.57. The highest BCUT2D eigenvalue weighted by Gasteiger charge is 2.51. The Hall–Kier alpha value is -2.45. The standard InChI is InChI=1S/C22H28N2O5S/c1-2-3-4-18-6-5-17(15-24-18)16-29-19-7-9-20(10-8-19)30(26,27)22(21(23)25)11-13-28-14-12-22/h5-10,15H,2-4,11-14,16H2,1H3,(H2,23,25). The molecule has 3 rings (SSSR count). The summed E-state index contributed by atoms with van der Waals surface area (Å²) in [4.78, 5) is 16.6. The van der Waals surface area contributed by atoms with E-state index in [1.807, 2.05) is 12.1 Å². The smallest absolute Gasteiger partial charge is 0.239 e. The monoisotopic (exact) mass is 432 g/mol. The van der Waals surface area contributed by atoms with Crippen molar-refractivity contribution in [2.45, 2.75) is 55.3 Å². The first-order valence-corrected chi connectivity index (χ1v) is 11.7. The fraction of sp³-hybridized carbons (Fsp3) is 0.455. The minimum Gasteiger partial charge on any atom is -0.489 e. The third-order valence-electron chi connectivity index (χ3n) is 5.48. The summed E-state index contributed by atoms with van der Waals surface area (Å²) in [5.74, 6) is -0.301. The second-order valence-electron chi connectivity index (χ2n) is 7.50. The molecule has 1 aliphatic heterocycles. The summed E-state index contributed by atoms with van der Waals surface area (Å²) in [5, 5.41) is 0. The number of pyridine rings is 1. The topological polar surface area (TPSA) is 109 Å². The van der Waals surface area contributed by atoms with Crippen LogP contribution in [0.5, 0.6) is 5.75 Å². The average Bonchev–Trinajstić information content (AvgIpc) is 2.77. The summed E-state index contributed by atoms with van der Waals surface area (Å²) in [6, 6.07) is 10.1. The van der Waals surface area contributed by atoms with Gasteiger partial charge >= 0.3 is 0 Å². The Morgan fingerprint density at radius 2 is 1.87 bits per heavy atom. The van der Waals surface area contributed by atoms with Crippen molar-refractivity contribution in [3.8, 4) is 5.75 Å². The average molecular weight is 433 g/mol. The number of unbranched alkanes of at least 4 members (excludes halogenated alkanes) is 1. The molecule has 7 nitrogen and oxygen atoms in total. The number of carbonyl (C=O) groups is 1. The van der Waals surface area contributed by atoms with E-state index in [1.165, 1.54) is 12.1 Å². The van der Waals surface area contributed by atoms with Crippen molar-refractivity contribution in [2.75, 3.05) is 13.2 Å². The van der Waals surface area contributed by atoms with E-state index >= 15 is 0 Å². The summed E-state index contributed by atoms with van der Waals surface area (Å²) >= 11 is 0. The van der Waals surface area contributed by atoms with Gasteiger partial charge in [0.15, 0.2) is 14.6 Å². The molecule has 0 spiro atoms. The van der Waals surface area contributed by atoms with Gasteiger partial charge < -0.3 is 15.2 Å². The Kier molecular flexibility index (Phi) is 7.10.